The molecule has 0 saturated heterocycles. The number of imidazole rings is 1. The number of rotatable bonds is 4. The molecule has 3 rings (SSSR count). The molecule has 0 radical (unpaired) electrons. The predicted octanol–water partition coefficient (Wildman–Crippen LogP) is 4.15. The van der Waals surface area contributed by atoms with Gasteiger partial charge in [-0.2, -0.15) is 0 Å². The summed E-state index contributed by atoms with van der Waals surface area (Å²) in [5.74, 6) is 0.940. The summed E-state index contributed by atoms with van der Waals surface area (Å²) in [4.78, 5) is 7.67. The van der Waals surface area contributed by atoms with Crippen LogP contribution in [-0.2, 0) is 11.3 Å². The van der Waals surface area contributed by atoms with E-state index in [0.717, 1.165) is 22.4 Å². The van der Waals surface area contributed by atoms with Crippen molar-refractivity contribution in [2.45, 2.75) is 26.6 Å². The summed E-state index contributed by atoms with van der Waals surface area (Å²) < 4.78 is 5.94. The van der Waals surface area contributed by atoms with Crippen LogP contribution in [0.4, 0.5) is 0 Å². The second-order valence-electron chi connectivity index (χ2n) is 5.04. The molecule has 1 heterocycles. The van der Waals surface area contributed by atoms with E-state index in [-0.39, 0.29) is 6.10 Å². The molecule has 0 aliphatic carbocycles. The van der Waals surface area contributed by atoms with Gasteiger partial charge in [0.25, 0.3) is 0 Å². The number of aromatic nitrogens is 2. The topological polar surface area (TPSA) is 37.9 Å². The maximum absolute atomic E-state index is 5.94. The zero-order chi connectivity index (χ0) is 13.9. The molecule has 0 amide bonds. The average molecular weight is 266 g/mol. The Morgan fingerprint density at radius 3 is 2.75 bits per heavy atom. The number of nitrogens with zero attached hydrogens (tertiary/aromatic N) is 1. The summed E-state index contributed by atoms with van der Waals surface area (Å²) in [6, 6.07) is 16.5. The van der Waals surface area contributed by atoms with Crippen LogP contribution in [0, 0.1) is 6.92 Å². The molecular formula is C17H18N2O. The number of nitrogens with one attached hydrogen (secondary N) is 1. The fraction of sp³-hybridized carbons (Fsp3) is 0.235. The Balaban J connectivity index is 1.73. The maximum atomic E-state index is 5.94. The SMILES string of the molecule is Cc1nc2ccc(C(C)OCc3ccccc3)cc2[nH]1. The van der Waals surface area contributed by atoms with E-state index in [1.54, 1.807) is 0 Å². The van der Waals surface area contributed by atoms with Crippen molar-refractivity contribution in [2.24, 2.45) is 0 Å². The zero-order valence-corrected chi connectivity index (χ0v) is 11.8. The molecule has 3 nitrogen and oxygen atoms in total. The second-order valence-corrected chi connectivity index (χ2v) is 5.04. The van der Waals surface area contributed by atoms with E-state index in [4.69, 9.17) is 4.74 Å². The first-order chi connectivity index (χ1) is 9.72. The van der Waals surface area contributed by atoms with Crippen molar-refractivity contribution in [1.29, 1.82) is 0 Å². The number of fused-ring (bicyclic) bond motifs is 1. The first kappa shape index (κ1) is 12.9. The van der Waals surface area contributed by atoms with Gasteiger partial charge >= 0.3 is 0 Å². The lowest BCUT2D eigenvalue weighted by atomic mass is 10.1. The minimum absolute atomic E-state index is 0.0585. The molecule has 0 bridgehead atoms. The molecule has 0 saturated carbocycles. The van der Waals surface area contributed by atoms with E-state index in [0.29, 0.717) is 6.61 Å². The summed E-state index contributed by atoms with van der Waals surface area (Å²) in [7, 11) is 0. The lowest BCUT2D eigenvalue weighted by molar-refractivity contribution is 0.0526. The Morgan fingerprint density at radius 2 is 1.95 bits per heavy atom. The summed E-state index contributed by atoms with van der Waals surface area (Å²) in [6.07, 6.45) is 0.0585. The predicted molar refractivity (Wildman–Crippen MR) is 80.5 cm³/mol. The van der Waals surface area contributed by atoms with Crippen LogP contribution in [0.3, 0.4) is 0 Å². The fourth-order valence-corrected chi connectivity index (χ4v) is 2.30. The maximum Gasteiger partial charge on any atom is 0.104 e. The van der Waals surface area contributed by atoms with Gasteiger partial charge in [0.15, 0.2) is 0 Å². The minimum atomic E-state index is 0.0585. The number of benzene rings is 2. The van der Waals surface area contributed by atoms with E-state index >= 15 is 0 Å². The van der Waals surface area contributed by atoms with Crippen LogP contribution in [0.5, 0.6) is 0 Å². The highest BCUT2D eigenvalue weighted by molar-refractivity contribution is 5.75. The Labute approximate surface area is 118 Å². The molecule has 20 heavy (non-hydrogen) atoms. The Bertz CT molecular complexity index is 703. The van der Waals surface area contributed by atoms with Crippen molar-refractivity contribution in [3.05, 3.63) is 65.5 Å². The molecule has 0 aliphatic rings. The van der Waals surface area contributed by atoms with E-state index in [1.165, 1.54) is 5.56 Å². The number of aryl methyl sites for hydroxylation is 1. The van der Waals surface area contributed by atoms with Crippen LogP contribution in [-0.4, -0.2) is 9.97 Å². The lowest BCUT2D eigenvalue weighted by Crippen LogP contribution is -2.00. The number of H-pyrrole nitrogens is 1. The molecule has 0 spiro atoms. The Kier molecular flexibility index (Phi) is 3.52. The van der Waals surface area contributed by atoms with Crippen LogP contribution in [0.1, 0.15) is 30.0 Å². The largest absolute Gasteiger partial charge is 0.369 e. The molecule has 1 unspecified atom stereocenters. The first-order valence-corrected chi connectivity index (χ1v) is 6.84. The average Bonchev–Trinajstić information content (AvgIpc) is 2.85. The Morgan fingerprint density at radius 1 is 1.15 bits per heavy atom. The van der Waals surface area contributed by atoms with E-state index in [9.17, 15) is 0 Å². The first-order valence-electron chi connectivity index (χ1n) is 6.84. The third kappa shape index (κ3) is 2.73. The van der Waals surface area contributed by atoms with Gasteiger partial charge in [-0.1, -0.05) is 36.4 Å². The van der Waals surface area contributed by atoms with Gasteiger partial charge in [0.05, 0.1) is 23.7 Å². The van der Waals surface area contributed by atoms with Crippen LogP contribution < -0.4 is 0 Å². The van der Waals surface area contributed by atoms with Crippen LogP contribution >= 0.6 is 0 Å². The molecule has 0 fully saturated rings. The molecular weight excluding hydrogens is 248 g/mol. The molecule has 3 aromatic rings. The molecule has 1 aromatic heterocycles. The summed E-state index contributed by atoms with van der Waals surface area (Å²) in [5.41, 5.74) is 4.42. The van der Waals surface area contributed by atoms with Gasteiger partial charge in [-0.05, 0) is 37.1 Å². The number of aromatic amines is 1. The molecule has 3 heteroatoms. The van der Waals surface area contributed by atoms with Crippen molar-refractivity contribution in [1.82, 2.24) is 9.97 Å². The number of hydrogen-bond acceptors (Lipinski definition) is 2. The van der Waals surface area contributed by atoms with Gasteiger partial charge in [0.1, 0.15) is 5.82 Å². The zero-order valence-electron chi connectivity index (χ0n) is 11.8. The molecule has 0 aliphatic heterocycles. The standard InChI is InChI=1S/C17H18N2O/c1-12(20-11-14-6-4-3-5-7-14)15-8-9-16-17(10-15)19-13(2)18-16/h3-10,12H,11H2,1-2H3,(H,18,19). The molecule has 2 aromatic carbocycles. The molecule has 1 atom stereocenters. The normalized spacial score (nSPS) is 12.7. The third-order valence-electron chi connectivity index (χ3n) is 3.44. The fourth-order valence-electron chi connectivity index (χ4n) is 2.30. The van der Waals surface area contributed by atoms with Gasteiger partial charge in [0.2, 0.25) is 0 Å². The van der Waals surface area contributed by atoms with E-state index in [1.807, 2.05) is 31.2 Å². The smallest absolute Gasteiger partial charge is 0.104 e. The van der Waals surface area contributed by atoms with Gasteiger partial charge in [-0.3, -0.25) is 0 Å². The Hall–Kier alpha value is -2.13. The third-order valence-corrected chi connectivity index (χ3v) is 3.44. The van der Waals surface area contributed by atoms with Crippen LogP contribution in [0.2, 0.25) is 0 Å². The van der Waals surface area contributed by atoms with E-state index in [2.05, 4.69) is 41.2 Å². The highest BCUT2D eigenvalue weighted by Crippen LogP contribution is 2.22. The van der Waals surface area contributed by atoms with Crippen molar-refractivity contribution >= 4 is 11.0 Å². The summed E-state index contributed by atoms with van der Waals surface area (Å²) in [5, 5.41) is 0. The van der Waals surface area contributed by atoms with Crippen molar-refractivity contribution in [3.63, 3.8) is 0 Å². The lowest BCUT2D eigenvalue weighted by Gasteiger charge is -2.13. The molecule has 1 N–H and O–H groups in total. The number of hydrogen-bond donors (Lipinski definition) is 1. The highest BCUT2D eigenvalue weighted by Gasteiger charge is 2.08. The highest BCUT2D eigenvalue weighted by atomic mass is 16.5. The van der Waals surface area contributed by atoms with Crippen LogP contribution in [0.25, 0.3) is 11.0 Å². The molecule has 102 valence electrons. The number of ether oxygens (including phenoxy) is 1. The van der Waals surface area contributed by atoms with Crippen LogP contribution in [0.15, 0.2) is 48.5 Å². The summed E-state index contributed by atoms with van der Waals surface area (Å²) in [6.45, 7) is 4.67. The summed E-state index contributed by atoms with van der Waals surface area (Å²) >= 11 is 0. The van der Waals surface area contributed by atoms with Crippen molar-refractivity contribution in [3.8, 4) is 0 Å². The minimum Gasteiger partial charge on any atom is -0.369 e. The van der Waals surface area contributed by atoms with Gasteiger partial charge in [-0.15, -0.1) is 0 Å². The van der Waals surface area contributed by atoms with Gasteiger partial charge < -0.3 is 9.72 Å². The van der Waals surface area contributed by atoms with Gasteiger partial charge in [0, 0.05) is 0 Å². The van der Waals surface area contributed by atoms with Gasteiger partial charge in [-0.25, -0.2) is 4.98 Å². The van der Waals surface area contributed by atoms with E-state index < -0.39 is 0 Å². The van der Waals surface area contributed by atoms with Crippen molar-refractivity contribution in [2.75, 3.05) is 0 Å². The van der Waals surface area contributed by atoms with Crippen molar-refractivity contribution < 1.29 is 4.74 Å². The second kappa shape index (κ2) is 5.47. The monoisotopic (exact) mass is 266 g/mol. The quantitative estimate of drug-likeness (QED) is 0.770.